The molecule has 63 heavy (non-hydrogen) atoms. The Kier molecular flexibility index (Phi) is 12.4. The molecule has 0 bridgehead atoms. The summed E-state index contributed by atoms with van der Waals surface area (Å²) in [5.74, 6) is 0.513. The van der Waals surface area contributed by atoms with Crippen molar-refractivity contribution in [2.45, 2.75) is 115 Å². The van der Waals surface area contributed by atoms with Gasteiger partial charge in [0.05, 0.1) is 28.9 Å². The van der Waals surface area contributed by atoms with Crippen LogP contribution in [0.4, 0.5) is 20.3 Å². The average molecular weight is 866 g/mol. The Labute approximate surface area is 365 Å². The molecular formula is C46H57F2N11O4. The molecular weight excluding hydrogens is 809 g/mol. The second kappa shape index (κ2) is 18.3. The average Bonchev–Trinajstić information content (AvgIpc) is 3.60. The van der Waals surface area contributed by atoms with Crippen molar-refractivity contribution in [1.29, 1.82) is 0 Å². The fraction of sp³-hybridized carbons (Fsp3) is 0.543. The Hall–Kier alpha value is -5.55. The number of anilines is 2. The molecule has 0 radical (unpaired) electrons. The van der Waals surface area contributed by atoms with Crippen molar-refractivity contribution in [2.24, 2.45) is 11.8 Å². The third kappa shape index (κ3) is 9.54. The van der Waals surface area contributed by atoms with Crippen LogP contribution in [-0.2, 0) is 16.1 Å². The molecule has 9 rings (SSSR count). The molecule has 4 aliphatic rings. The van der Waals surface area contributed by atoms with E-state index < -0.39 is 23.9 Å². The van der Waals surface area contributed by atoms with E-state index in [4.69, 9.17) is 9.52 Å². The van der Waals surface area contributed by atoms with E-state index in [2.05, 4.69) is 79.9 Å². The van der Waals surface area contributed by atoms with Crippen LogP contribution in [0.25, 0.3) is 22.4 Å². The third-order valence-corrected chi connectivity index (χ3v) is 13.4. The Morgan fingerprint density at radius 1 is 1.00 bits per heavy atom. The van der Waals surface area contributed by atoms with E-state index in [-0.39, 0.29) is 41.2 Å². The SMILES string of the molecule is CC(C)n1nc(C2CCC(=O)NC2=O)c2cccc(CN3CCC(N(C)CC4CCC(n5cc(NC(=O)c6coc(-c7ccnc(NCC8CC8)c7)n6)c(C(F)F)n5)CC4)CC3)c21. The van der Waals surface area contributed by atoms with Crippen molar-refractivity contribution in [3.05, 3.63) is 71.6 Å². The van der Waals surface area contributed by atoms with Gasteiger partial charge in [-0.3, -0.25) is 34.0 Å². The number of imide groups is 1. The van der Waals surface area contributed by atoms with Crippen LogP contribution >= 0.6 is 0 Å². The highest BCUT2D eigenvalue weighted by Crippen LogP contribution is 2.37. The van der Waals surface area contributed by atoms with Gasteiger partial charge in [0.1, 0.15) is 12.1 Å². The molecule has 0 spiro atoms. The summed E-state index contributed by atoms with van der Waals surface area (Å²) in [6.07, 6.45) is 10.4. The second-order valence-electron chi connectivity index (χ2n) is 18.3. The first-order valence-electron chi connectivity index (χ1n) is 22.6. The number of oxazole rings is 1. The Morgan fingerprint density at radius 3 is 2.51 bits per heavy atom. The number of nitrogens with one attached hydrogen (secondary N) is 3. The number of nitrogens with zero attached hydrogens (tertiary/aromatic N) is 8. The number of aromatic nitrogens is 6. The van der Waals surface area contributed by atoms with Gasteiger partial charge in [0.15, 0.2) is 11.4 Å². The quantitative estimate of drug-likeness (QED) is 0.0882. The Morgan fingerprint density at radius 2 is 1.78 bits per heavy atom. The molecule has 334 valence electrons. The number of hydrogen-bond acceptors (Lipinski definition) is 11. The number of halogens is 2. The molecule has 3 amide bonds. The summed E-state index contributed by atoms with van der Waals surface area (Å²) in [4.78, 5) is 51.6. The maximum atomic E-state index is 14.2. The van der Waals surface area contributed by atoms with E-state index in [1.54, 1.807) is 16.9 Å². The van der Waals surface area contributed by atoms with Gasteiger partial charge in [0, 0.05) is 61.5 Å². The van der Waals surface area contributed by atoms with Gasteiger partial charge in [0.2, 0.25) is 17.7 Å². The number of benzene rings is 1. The molecule has 1 aromatic carbocycles. The summed E-state index contributed by atoms with van der Waals surface area (Å²) < 4.78 is 37.7. The normalized spacial score (nSPS) is 21.5. The number of carbonyl (C=O) groups excluding carboxylic acids is 3. The second-order valence-corrected chi connectivity index (χ2v) is 18.3. The van der Waals surface area contributed by atoms with E-state index in [0.29, 0.717) is 42.1 Å². The summed E-state index contributed by atoms with van der Waals surface area (Å²) in [6.45, 7) is 8.78. The standard InChI is InChI=1S/C46H57F2N11O4/c1-27(2)59-42-31(5-4-6-34(42)40(55-59)35-13-14-39(60)53-44(35)61)24-57-19-16-32(17-20-57)56(3)23-29-9-11-33(12-10-29)58-25-36(41(54-58)43(47)48)51-45(62)37-26-63-46(52-37)30-15-18-49-38(21-30)50-22-28-7-8-28/h4-6,15,18,21,25-29,32-33,35,43H,7-14,16-17,19-20,22-24H2,1-3H3,(H,49,50)(H,51,62)(H,53,60,61). The molecule has 2 saturated carbocycles. The highest BCUT2D eigenvalue weighted by molar-refractivity contribution is 6.03. The third-order valence-electron chi connectivity index (χ3n) is 13.4. The fourth-order valence-corrected chi connectivity index (χ4v) is 9.69. The fourth-order valence-electron chi connectivity index (χ4n) is 9.69. The van der Waals surface area contributed by atoms with Crippen LogP contribution in [0.5, 0.6) is 0 Å². The largest absolute Gasteiger partial charge is 0.444 e. The minimum atomic E-state index is -2.86. The highest BCUT2D eigenvalue weighted by Gasteiger charge is 2.34. The van der Waals surface area contributed by atoms with Gasteiger partial charge in [-0.25, -0.2) is 18.7 Å². The molecule has 4 aromatic heterocycles. The molecule has 15 nitrogen and oxygen atoms in total. The highest BCUT2D eigenvalue weighted by atomic mass is 19.3. The smallest absolute Gasteiger partial charge is 0.284 e. The number of pyridine rings is 1. The number of fused-ring (bicyclic) bond motifs is 1. The van der Waals surface area contributed by atoms with Crippen molar-refractivity contribution in [3.63, 3.8) is 0 Å². The molecule has 5 aromatic rings. The van der Waals surface area contributed by atoms with Crippen molar-refractivity contribution in [3.8, 4) is 11.5 Å². The van der Waals surface area contributed by atoms with Crippen LogP contribution in [0.15, 0.2) is 53.4 Å². The van der Waals surface area contributed by atoms with E-state index in [9.17, 15) is 23.2 Å². The molecule has 2 aliphatic heterocycles. The lowest BCUT2D eigenvalue weighted by Gasteiger charge is -2.39. The first-order valence-corrected chi connectivity index (χ1v) is 22.6. The monoisotopic (exact) mass is 865 g/mol. The van der Waals surface area contributed by atoms with Crippen LogP contribution in [0.3, 0.4) is 0 Å². The number of carbonyl (C=O) groups is 3. The summed E-state index contributed by atoms with van der Waals surface area (Å²) in [5, 5.41) is 18.7. The zero-order valence-corrected chi connectivity index (χ0v) is 36.2. The van der Waals surface area contributed by atoms with Gasteiger partial charge in [-0.15, -0.1) is 0 Å². The van der Waals surface area contributed by atoms with E-state index >= 15 is 0 Å². The van der Waals surface area contributed by atoms with Gasteiger partial charge in [-0.2, -0.15) is 10.2 Å². The maximum absolute atomic E-state index is 14.2. The van der Waals surface area contributed by atoms with Gasteiger partial charge in [0.25, 0.3) is 12.3 Å². The Bertz CT molecular complexity index is 2440. The molecule has 1 atom stereocenters. The first-order chi connectivity index (χ1) is 30.5. The van der Waals surface area contributed by atoms with E-state index in [1.165, 1.54) is 30.9 Å². The lowest BCUT2D eigenvalue weighted by atomic mass is 9.85. The maximum Gasteiger partial charge on any atom is 0.284 e. The van der Waals surface area contributed by atoms with Crippen molar-refractivity contribution < 1.29 is 27.6 Å². The lowest BCUT2D eigenvalue weighted by Crippen LogP contribution is -2.44. The number of likely N-dealkylation sites (tertiary alicyclic amines) is 1. The van der Waals surface area contributed by atoms with E-state index in [0.717, 1.165) is 87.8 Å². The molecule has 4 fully saturated rings. The molecule has 2 aliphatic carbocycles. The van der Waals surface area contributed by atoms with E-state index in [1.807, 2.05) is 10.7 Å². The predicted molar refractivity (Wildman–Crippen MR) is 233 cm³/mol. The zero-order valence-electron chi connectivity index (χ0n) is 36.2. The number of hydrogen-bond donors (Lipinski definition) is 3. The number of para-hydroxylation sites is 1. The summed E-state index contributed by atoms with van der Waals surface area (Å²) in [6, 6.07) is 10.4. The number of rotatable bonds is 15. The van der Waals surface area contributed by atoms with Crippen molar-refractivity contribution >= 4 is 40.1 Å². The summed E-state index contributed by atoms with van der Waals surface area (Å²) in [5.41, 5.74) is 3.16. The van der Waals surface area contributed by atoms with Crippen molar-refractivity contribution in [2.75, 3.05) is 43.9 Å². The van der Waals surface area contributed by atoms with Gasteiger partial charge >= 0.3 is 0 Å². The van der Waals surface area contributed by atoms with Gasteiger partial charge in [-0.1, -0.05) is 18.2 Å². The predicted octanol–water partition coefficient (Wildman–Crippen LogP) is 7.72. The van der Waals surface area contributed by atoms with Crippen LogP contribution < -0.4 is 16.0 Å². The van der Waals surface area contributed by atoms with Gasteiger partial charge in [-0.05, 0) is 121 Å². The molecule has 6 heterocycles. The minimum absolute atomic E-state index is 0.0212. The van der Waals surface area contributed by atoms with Crippen molar-refractivity contribution in [1.82, 2.24) is 44.6 Å². The molecule has 2 saturated heterocycles. The number of amides is 3. The van der Waals surface area contributed by atoms with Gasteiger partial charge < -0.3 is 20.0 Å². The topological polar surface area (TPSA) is 168 Å². The van der Waals surface area contributed by atoms with Crippen LogP contribution in [0.2, 0.25) is 0 Å². The summed E-state index contributed by atoms with van der Waals surface area (Å²) >= 11 is 0. The van der Waals surface area contributed by atoms with Crippen LogP contribution in [0.1, 0.15) is 130 Å². The lowest BCUT2D eigenvalue weighted by molar-refractivity contribution is -0.134. The number of alkyl halides is 2. The van der Waals surface area contributed by atoms with Crippen LogP contribution in [0, 0.1) is 11.8 Å². The molecule has 3 N–H and O–H groups in total. The molecule has 1 unspecified atom stereocenters. The van der Waals surface area contributed by atoms with Crippen LogP contribution in [-0.4, -0.2) is 96.3 Å². The zero-order chi connectivity index (χ0) is 43.8. The molecule has 17 heteroatoms. The Balaban J connectivity index is 0.763. The minimum Gasteiger partial charge on any atom is -0.444 e. The first kappa shape index (κ1) is 42.7. The number of piperidine rings is 2. The summed E-state index contributed by atoms with van der Waals surface area (Å²) in [7, 11) is 2.22.